The van der Waals surface area contributed by atoms with Crippen LogP contribution in [0.2, 0.25) is 0 Å². The zero-order valence-electron chi connectivity index (χ0n) is 13.5. The number of amides is 1. The first-order valence-electron chi connectivity index (χ1n) is 7.92. The van der Waals surface area contributed by atoms with E-state index in [1.165, 1.54) is 0 Å². The highest BCUT2D eigenvalue weighted by Gasteiger charge is 2.16. The lowest BCUT2D eigenvalue weighted by atomic mass is 9.99. The van der Waals surface area contributed by atoms with Crippen LogP contribution >= 0.6 is 0 Å². The number of carbonyl (C=O) groups excluding carboxylic acids is 1. The van der Waals surface area contributed by atoms with E-state index in [2.05, 4.69) is 10.0 Å². The van der Waals surface area contributed by atoms with Gasteiger partial charge < -0.3 is 5.32 Å². The van der Waals surface area contributed by atoms with Crippen molar-refractivity contribution in [2.45, 2.75) is 31.1 Å². The Hall–Kier alpha value is -2.18. The Morgan fingerprint density at radius 1 is 1.08 bits per heavy atom. The van der Waals surface area contributed by atoms with Crippen molar-refractivity contribution < 1.29 is 13.2 Å². The molecule has 3 rings (SSSR count). The maximum Gasteiger partial charge on any atom is 0.240 e. The molecule has 0 saturated carbocycles. The van der Waals surface area contributed by atoms with Crippen LogP contribution in [0, 0.1) is 6.92 Å². The van der Waals surface area contributed by atoms with E-state index >= 15 is 0 Å². The topological polar surface area (TPSA) is 75.3 Å². The van der Waals surface area contributed by atoms with Crippen molar-refractivity contribution in [2.75, 3.05) is 11.9 Å². The third kappa shape index (κ3) is 3.83. The van der Waals surface area contributed by atoms with Crippen LogP contribution in [0.4, 0.5) is 5.69 Å². The number of hydrogen-bond donors (Lipinski definition) is 2. The Balaban J connectivity index is 1.62. The van der Waals surface area contributed by atoms with Gasteiger partial charge in [-0.25, -0.2) is 13.1 Å². The summed E-state index contributed by atoms with van der Waals surface area (Å²) in [7, 11) is -3.48. The molecule has 0 radical (unpaired) electrons. The molecule has 1 heterocycles. The molecule has 0 spiro atoms. The number of hydrogen-bond acceptors (Lipinski definition) is 3. The third-order valence-electron chi connectivity index (χ3n) is 4.10. The summed E-state index contributed by atoms with van der Waals surface area (Å²) in [6.07, 6.45) is 1.83. The van der Waals surface area contributed by atoms with E-state index in [4.69, 9.17) is 0 Å². The molecule has 6 heteroatoms. The fourth-order valence-corrected chi connectivity index (χ4v) is 3.75. The lowest BCUT2D eigenvalue weighted by Gasteiger charge is -2.17. The quantitative estimate of drug-likeness (QED) is 0.874. The molecule has 2 aromatic carbocycles. The van der Waals surface area contributed by atoms with Gasteiger partial charge in [0.05, 0.1) is 4.90 Å². The second-order valence-corrected chi connectivity index (χ2v) is 7.77. The van der Waals surface area contributed by atoms with E-state index in [1.54, 1.807) is 24.3 Å². The molecule has 1 amide bonds. The van der Waals surface area contributed by atoms with Gasteiger partial charge in [0.1, 0.15) is 0 Å². The maximum atomic E-state index is 12.2. The normalized spacial score (nSPS) is 14.1. The third-order valence-corrected chi connectivity index (χ3v) is 5.58. The van der Waals surface area contributed by atoms with Crippen LogP contribution < -0.4 is 10.0 Å². The predicted octanol–water partition coefficient (Wildman–Crippen LogP) is 2.40. The number of nitrogens with one attached hydrogen (secondary N) is 2. The van der Waals surface area contributed by atoms with Crippen molar-refractivity contribution in [3.63, 3.8) is 0 Å². The zero-order chi connectivity index (χ0) is 17.2. The summed E-state index contributed by atoms with van der Waals surface area (Å²) < 4.78 is 27.1. The molecule has 0 unspecified atom stereocenters. The SMILES string of the molecule is Cc1ccc(S(=O)(=O)NCCc2ccc3c(c2)CCC(=O)N3)cc1. The summed E-state index contributed by atoms with van der Waals surface area (Å²) in [6.45, 7) is 2.25. The Bertz CT molecular complexity index is 858. The summed E-state index contributed by atoms with van der Waals surface area (Å²) in [6, 6.07) is 12.6. The molecule has 5 nitrogen and oxygen atoms in total. The highest BCUT2D eigenvalue weighted by molar-refractivity contribution is 7.89. The zero-order valence-corrected chi connectivity index (χ0v) is 14.3. The number of anilines is 1. The Labute approximate surface area is 142 Å². The molecule has 24 heavy (non-hydrogen) atoms. The molecule has 2 aromatic rings. The predicted molar refractivity (Wildman–Crippen MR) is 93.5 cm³/mol. The van der Waals surface area contributed by atoms with E-state index < -0.39 is 10.0 Å². The average Bonchev–Trinajstić information content (AvgIpc) is 2.55. The van der Waals surface area contributed by atoms with Gasteiger partial charge >= 0.3 is 0 Å². The number of fused-ring (bicyclic) bond motifs is 1. The van der Waals surface area contributed by atoms with E-state index in [-0.39, 0.29) is 10.8 Å². The minimum absolute atomic E-state index is 0.0427. The molecule has 1 aliphatic heterocycles. The molecule has 0 bridgehead atoms. The first-order valence-corrected chi connectivity index (χ1v) is 9.40. The Kier molecular flexibility index (Phi) is 4.69. The van der Waals surface area contributed by atoms with Crippen LogP contribution in [0.1, 0.15) is 23.1 Å². The van der Waals surface area contributed by atoms with Gasteiger partial charge in [-0.2, -0.15) is 0 Å². The molecule has 126 valence electrons. The number of carbonyl (C=O) groups is 1. The van der Waals surface area contributed by atoms with Crippen LogP contribution in [0.5, 0.6) is 0 Å². The van der Waals surface area contributed by atoms with Gasteiger partial charge in [0.15, 0.2) is 0 Å². The number of aryl methyl sites for hydroxylation is 2. The molecule has 0 aromatic heterocycles. The minimum atomic E-state index is -3.48. The van der Waals surface area contributed by atoms with Gasteiger partial charge in [-0.15, -0.1) is 0 Å². The van der Waals surface area contributed by atoms with Gasteiger partial charge in [0.2, 0.25) is 15.9 Å². The monoisotopic (exact) mass is 344 g/mol. The standard InChI is InChI=1S/C18H20N2O3S/c1-13-2-6-16(7-3-13)24(22,23)19-11-10-14-4-8-17-15(12-14)5-9-18(21)20-17/h2-4,6-8,12,19H,5,9-11H2,1H3,(H,20,21). The van der Waals surface area contributed by atoms with Gasteiger partial charge in [-0.3, -0.25) is 4.79 Å². The van der Waals surface area contributed by atoms with Crippen LogP contribution in [0.3, 0.4) is 0 Å². The summed E-state index contributed by atoms with van der Waals surface area (Å²) in [5.74, 6) is 0.0427. The Morgan fingerprint density at radius 2 is 1.83 bits per heavy atom. The molecule has 0 fully saturated rings. The van der Waals surface area contributed by atoms with E-state index in [0.29, 0.717) is 19.4 Å². The van der Waals surface area contributed by atoms with Gasteiger partial charge in [0, 0.05) is 18.7 Å². The van der Waals surface area contributed by atoms with Gasteiger partial charge in [0.25, 0.3) is 0 Å². The maximum absolute atomic E-state index is 12.2. The van der Waals surface area contributed by atoms with Gasteiger partial charge in [-0.05, 0) is 49.1 Å². The van der Waals surface area contributed by atoms with Crippen molar-refractivity contribution >= 4 is 21.6 Å². The number of benzene rings is 2. The van der Waals surface area contributed by atoms with E-state index in [1.807, 2.05) is 25.1 Å². The van der Waals surface area contributed by atoms with Crippen molar-refractivity contribution in [3.05, 3.63) is 59.2 Å². The average molecular weight is 344 g/mol. The lowest BCUT2D eigenvalue weighted by molar-refractivity contribution is -0.116. The molecular weight excluding hydrogens is 324 g/mol. The largest absolute Gasteiger partial charge is 0.326 e. The summed E-state index contributed by atoms with van der Waals surface area (Å²) in [4.78, 5) is 11.6. The second kappa shape index (κ2) is 6.75. The van der Waals surface area contributed by atoms with E-state index in [9.17, 15) is 13.2 Å². The van der Waals surface area contributed by atoms with Crippen molar-refractivity contribution in [2.24, 2.45) is 0 Å². The molecular formula is C18H20N2O3S. The van der Waals surface area contributed by atoms with Crippen molar-refractivity contribution in [1.82, 2.24) is 4.72 Å². The fourth-order valence-electron chi connectivity index (χ4n) is 2.72. The van der Waals surface area contributed by atoms with Crippen LogP contribution in [0.15, 0.2) is 47.4 Å². The molecule has 2 N–H and O–H groups in total. The van der Waals surface area contributed by atoms with Crippen molar-refractivity contribution in [3.8, 4) is 0 Å². The first-order chi connectivity index (χ1) is 11.4. The number of rotatable bonds is 5. The molecule has 1 aliphatic rings. The van der Waals surface area contributed by atoms with E-state index in [0.717, 1.165) is 28.8 Å². The lowest BCUT2D eigenvalue weighted by Crippen LogP contribution is -2.26. The van der Waals surface area contributed by atoms with Crippen LogP contribution in [-0.2, 0) is 27.7 Å². The van der Waals surface area contributed by atoms with Crippen LogP contribution in [0.25, 0.3) is 0 Å². The minimum Gasteiger partial charge on any atom is -0.326 e. The number of sulfonamides is 1. The highest BCUT2D eigenvalue weighted by Crippen LogP contribution is 2.23. The first kappa shape index (κ1) is 16.7. The fraction of sp³-hybridized carbons (Fsp3) is 0.278. The van der Waals surface area contributed by atoms with Crippen molar-refractivity contribution in [1.29, 1.82) is 0 Å². The molecule has 0 aliphatic carbocycles. The summed E-state index contributed by atoms with van der Waals surface area (Å²) in [5, 5.41) is 2.84. The summed E-state index contributed by atoms with van der Waals surface area (Å²) >= 11 is 0. The summed E-state index contributed by atoms with van der Waals surface area (Å²) in [5.41, 5.74) is 4.04. The van der Waals surface area contributed by atoms with Crippen LogP contribution in [-0.4, -0.2) is 20.9 Å². The Morgan fingerprint density at radius 3 is 2.58 bits per heavy atom. The molecule has 0 saturated heterocycles. The van der Waals surface area contributed by atoms with Gasteiger partial charge in [-0.1, -0.05) is 29.8 Å². The second-order valence-electron chi connectivity index (χ2n) is 6.00. The highest BCUT2D eigenvalue weighted by atomic mass is 32.2. The smallest absolute Gasteiger partial charge is 0.240 e. The molecule has 0 atom stereocenters.